The molecule has 0 bridgehead atoms. The van der Waals surface area contributed by atoms with Crippen molar-refractivity contribution >= 4 is 5.91 Å². The molecule has 1 unspecified atom stereocenters. The molecule has 0 saturated carbocycles. The van der Waals surface area contributed by atoms with Crippen LogP contribution in [-0.4, -0.2) is 34.7 Å². The van der Waals surface area contributed by atoms with Gasteiger partial charge in [0.2, 0.25) is 0 Å². The first-order chi connectivity index (χ1) is 12.1. The van der Waals surface area contributed by atoms with Crippen molar-refractivity contribution in [3.63, 3.8) is 0 Å². The molecule has 1 amide bonds. The third-order valence-electron chi connectivity index (χ3n) is 4.67. The largest absolute Gasteiger partial charge is 0.496 e. The van der Waals surface area contributed by atoms with Crippen LogP contribution < -0.4 is 4.74 Å². The lowest BCUT2D eigenvalue weighted by Gasteiger charge is -2.26. The van der Waals surface area contributed by atoms with Gasteiger partial charge in [0.25, 0.3) is 5.91 Å². The Morgan fingerprint density at radius 3 is 2.31 bits per heavy atom. The molecule has 0 aliphatic heterocycles. The highest BCUT2D eigenvalue weighted by Gasteiger charge is 2.27. The predicted molar refractivity (Wildman–Crippen MR) is 105 cm³/mol. The number of nitrogens with zero attached hydrogens (tertiary/aromatic N) is 3. The van der Waals surface area contributed by atoms with Gasteiger partial charge in [-0.3, -0.25) is 9.48 Å². The quantitative estimate of drug-likeness (QED) is 0.785. The Morgan fingerprint density at radius 1 is 1.19 bits per heavy atom. The van der Waals surface area contributed by atoms with Gasteiger partial charge in [0, 0.05) is 18.3 Å². The van der Waals surface area contributed by atoms with Crippen LogP contribution in [0.3, 0.4) is 0 Å². The summed E-state index contributed by atoms with van der Waals surface area (Å²) in [5, 5.41) is 4.64. The highest BCUT2D eigenvalue weighted by molar-refractivity contribution is 5.92. The van der Waals surface area contributed by atoms with E-state index < -0.39 is 0 Å². The van der Waals surface area contributed by atoms with Crippen molar-refractivity contribution in [2.45, 2.75) is 59.0 Å². The van der Waals surface area contributed by atoms with E-state index >= 15 is 0 Å². The third-order valence-corrected chi connectivity index (χ3v) is 4.67. The van der Waals surface area contributed by atoms with E-state index in [1.54, 1.807) is 12.0 Å². The summed E-state index contributed by atoms with van der Waals surface area (Å²) in [5.74, 6) is 0.983. The molecule has 2 aromatic rings. The normalized spacial score (nSPS) is 13.0. The van der Waals surface area contributed by atoms with Gasteiger partial charge in [-0.1, -0.05) is 32.0 Å². The number of carbonyl (C=O) groups is 1. The second-order valence-corrected chi connectivity index (χ2v) is 8.03. The van der Waals surface area contributed by atoms with E-state index in [4.69, 9.17) is 4.74 Å². The summed E-state index contributed by atoms with van der Waals surface area (Å²) in [5.41, 5.74) is 2.35. The molecule has 1 aromatic carbocycles. The summed E-state index contributed by atoms with van der Waals surface area (Å²) in [6, 6.07) is 9.58. The molecule has 5 nitrogen and oxygen atoms in total. The minimum Gasteiger partial charge on any atom is -0.496 e. The van der Waals surface area contributed by atoms with Crippen molar-refractivity contribution in [2.75, 3.05) is 14.2 Å². The number of ether oxygens (including phenoxy) is 1. The SMILES string of the molecule is COc1ccccc1C(C)N(C)C(=O)c1cc(C(C)C)n(C(C)(C)C)n1. The van der Waals surface area contributed by atoms with Crippen LogP contribution in [0.4, 0.5) is 0 Å². The summed E-state index contributed by atoms with van der Waals surface area (Å²) in [7, 11) is 3.46. The Kier molecular flexibility index (Phi) is 5.79. The van der Waals surface area contributed by atoms with Crippen LogP contribution in [-0.2, 0) is 5.54 Å². The van der Waals surface area contributed by atoms with Crippen molar-refractivity contribution in [1.29, 1.82) is 0 Å². The predicted octanol–water partition coefficient (Wildman–Crippen LogP) is 4.60. The number of carbonyl (C=O) groups excluding carboxylic acids is 1. The molecule has 1 heterocycles. The zero-order chi connectivity index (χ0) is 19.6. The lowest BCUT2D eigenvalue weighted by atomic mass is 10.0. The second kappa shape index (κ2) is 7.52. The smallest absolute Gasteiger partial charge is 0.274 e. The third kappa shape index (κ3) is 3.92. The van der Waals surface area contributed by atoms with E-state index in [1.165, 1.54) is 0 Å². The van der Waals surface area contributed by atoms with Gasteiger partial charge in [-0.25, -0.2) is 0 Å². The fourth-order valence-corrected chi connectivity index (χ4v) is 3.03. The fraction of sp³-hybridized carbons (Fsp3) is 0.524. The van der Waals surface area contributed by atoms with Gasteiger partial charge in [-0.15, -0.1) is 0 Å². The van der Waals surface area contributed by atoms with Gasteiger partial charge in [-0.2, -0.15) is 5.10 Å². The summed E-state index contributed by atoms with van der Waals surface area (Å²) in [4.78, 5) is 14.8. The monoisotopic (exact) mass is 357 g/mol. The van der Waals surface area contributed by atoms with Gasteiger partial charge in [-0.05, 0) is 45.7 Å². The number of benzene rings is 1. The van der Waals surface area contributed by atoms with Crippen molar-refractivity contribution in [2.24, 2.45) is 0 Å². The Bertz CT molecular complexity index is 772. The lowest BCUT2D eigenvalue weighted by Crippen LogP contribution is -2.31. The van der Waals surface area contributed by atoms with Crippen LogP contribution in [0.15, 0.2) is 30.3 Å². The molecular formula is C21H31N3O2. The number of rotatable bonds is 5. The summed E-state index contributed by atoms with van der Waals surface area (Å²) < 4.78 is 7.41. The summed E-state index contributed by atoms with van der Waals surface area (Å²) in [6.07, 6.45) is 0. The second-order valence-electron chi connectivity index (χ2n) is 8.03. The minimum atomic E-state index is -0.176. The van der Waals surface area contributed by atoms with Gasteiger partial charge in [0.15, 0.2) is 5.69 Å². The maximum Gasteiger partial charge on any atom is 0.274 e. The van der Waals surface area contributed by atoms with E-state index in [0.29, 0.717) is 11.6 Å². The molecule has 1 aromatic heterocycles. The molecule has 0 saturated heterocycles. The van der Waals surface area contributed by atoms with E-state index in [0.717, 1.165) is 17.0 Å². The van der Waals surface area contributed by atoms with Crippen molar-refractivity contribution in [3.05, 3.63) is 47.3 Å². The molecule has 0 aliphatic carbocycles. The van der Waals surface area contributed by atoms with Gasteiger partial charge < -0.3 is 9.64 Å². The number of aromatic nitrogens is 2. The first-order valence-corrected chi connectivity index (χ1v) is 9.08. The molecular weight excluding hydrogens is 326 g/mol. The standard InChI is InChI=1S/C21H31N3O2/c1-14(2)18-13-17(22-24(18)21(4,5)6)20(25)23(7)15(3)16-11-9-10-12-19(16)26-8/h9-15H,1-8H3. The van der Waals surface area contributed by atoms with E-state index in [1.807, 2.05) is 49.0 Å². The Hall–Kier alpha value is -2.30. The van der Waals surface area contributed by atoms with Crippen LogP contribution >= 0.6 is 0 Å². The molecule has 0 aliphatic rings. The lowest BCUT2D eigenvalue weighted by molar-refractivity contribution is 0.0733. The van der Waals surface area contributed by atoms with E-state index in [-0.39, 0.29) is 17.5 Å². The molecule has 1 atom stereocenters. The molecule has 0 N–H and O–H groups in total. The van der Waals surface area contributed by atoms with Crippen LogP contribution in [0.2, 0.25) is 0 Å². The van der Waals surface area contributed by atoms with Crippen molar-refractivity contribution in [1.82, 2.24) is 14.7 Å². The van der Waals surface area contributed by atoms with Gasteiger partial charge in [0.1, 0.15) is 5.75 Å². The van der Waals surface area contributed by atoms with Crippen LogP contribution in [0.1, 0.15) is 75.2 Å². The molecule has 26 heavy (non-hydrogen) atoms. The first kappa shape index (κ1) is 20.0. The highest BCUT2D eigenvalue weighted by Crippen LogP contribution is 2.30. The number of hydrogen-bond donors (Lipinski definition) is 0. The Labute approximate surface area is 157 Å². The maximum atomic E-state index is 13.1. The summed E-state index contributed by atoms with van der Waals surface area (Å²) >= 11 is 0. The topological polar surface area (TPSA) is 47.4 Å². The fourth-order valence-electron chi connectivity index (χ4n) is 3.03. The molecule has 5 heteroatoms. The van der Waals surface area contributed by atoms with Gasteiger partial charge in [0.05, 0.1) is 18.7 Å². The number of hydrogen-bond acceptors (Lipinski definition) is 3. The Balaban J connectivity index is 2.36. The van der Waals surface area contributed by atoms with Crippen LogP contribution in [0.5, 0.6) is 5.75 Å². The molecule has 142 valence electrons. The maximum absolute atomic E-state index is 13.1. The average Bonchev–Trinajstić information content (AvgIpc) is 3.05. The van der Waals surface area contributed by atoms with E-state index in [9.17, 15) is 4.79 Å². The molecule has 0 fully saturated rings. The van der Waals surface area contributed by atoms with Crippen LogP contribution in [0, 0.1) is 0 Å². The molecule has 0 spiro atoms. The van der Waals surface area contributed by atoms with Crippen molar-refractivity contribution < 1.29 is 9.53 Å². The van der Waals surface area contributed by atoms with Crippen LogP contribution in [0.25, 0.3) is 0 Å². The average molecular weight is 357 g/mol. The molecule has 0 radical (unpaired) electrons. The zero-order valence-electron chi connectivity index (χ0n) is 17.2. The highest BCUT2D eigenvalue weighted by atomic mass is 16.5. The summed E-state index contributed by atoms with van der Waals surface area (Å²) in [6.45, 7) is 12.5. The number of amides is 1. The zero-order valence-corrected chi connectivity index (χ0v) is 17.2. The minimum absolute atomic E-state index is 0.0895. The molecule has 2 rings (SSSR count). The number of para-hydroxylation sites is 1. The number of methoxy groups -OCH3 is 1. The first-order valence-electron chi connectivity index (χ1n) is 9.08. The Morgan fingerprint density at radius 2 is 1.81 bits per heavy atom. The van der Waals surface area contributed by atoms with Gasteiger partial charge >= 0.3 is 0 Å². The van der Waals surface area contributed by atoms with E-state index in [2.05, 4.69) is 39.7 Å². The van der Waals surface area contributed by atoms with Crippen molar-refractivity contribution in [3.8, 4) is 5.75 Å².